The van der Waals surface area contributed by atoms with Crippen molar-refractivity contribution in [2.24, 2.45) is 0 Å². The fourth-order valence-corrected chi connectivity index (χ4v) is 2.30. The first kappa shape index (κ1) is 19.9. The van der Waals surface area contributed by atoms with Crippen LogP contribution in [0, 0.1) is 0 Å². The van der Waals surface area contributed by atoms with E-state index in [1.165, 1.54) is 19.2 Å². The second kappa shape index (κ2) is 9.89. The number of hydrogen-bond acceptors (Lipinski definition) is 5. The van der Waals surface area contributed by atoms with Crippen molar-refractivity contribution in [2.75, 3.05) is 13.7 Å². The predicted molar refractivity (Wildman–Crippen MR) is 97.5 cm³/mol. The van der Waals surface area contributed by atoms with Crippen molar-refractivity contribution in [3.63, 3.8) is 0 Å². The van der Waals surface area contributed by atoms with Crippen LogP contribution in [0.4, 0.5) is 4.79 Å². The monoisotopic (exact) mass is 397 g/mol. The molecule has 0 spiro atoms. The molecule has 0 aliphatic carbocycles. The third-order valence-electron chi connectivity index (χ3n) is 3.27. The van der Waals surface area contributed by atoms with Gasteiger partial charge in [0.25, 0.3) is 0 Å². The Kier molecular flexibility index (Phi) is 7.56. The second-order valence-corrected chi connectivity index (χ2v) is 5.99. The summed E-state index contributed by atoms with van der Waals surface area (Å²) >= 11 is 11.9. The second-order valence-electron chi connectivity index (χ2n) is 5.15. The van der Waals surface area contributed by atoms with Crippen molar-refractivity contribution in [3.8, 4) is 5.75 Å². The Labute approximate surface area is 160 Å². The summed E-state index contributed by atoms with van der Waals surface area (Å²) in [4.78, 5) is 23.7. The van der Waals surface area contributed by atoms with Gasteiger partial charge in [-0.05, 0) is 17.7 Å². The average molecular weight is 398 g/mol. The van der Waals surface area contributed by atoms with Crippen molar-refractivity contribution in [1.29, 1.82) is 0 Å². The van der Waals surface area contributed by atoms with E-state index in [0.717, 1.165) is 5.56 Å². The van der Waals surface area contributed by atoms with Gasteiger partial charge in [-0.15, -0.1) is 0 Å². The van der Waals surface area contributed by atoms with E-state index in [1.54, 1.807) is 6.07 Å². The summed E-state index contributed by atoms with van der Waals surface area (Å²) in [5.74, 6) is -0.474. The number of amides is 1. The topological polar surface area (TPSA) is 73.9 Å². The van der Waals surface area contributed by atoms with Crippen LogP contribution in [-0.4, -0.2) is 31.8 Å². The largest absolute Gasteiger partial charge is 0.475 e. The van der Waals surface area contributed by atoms with Gasteiger partial charge in [0.05, 0.1) is 18.7 Å². The maximum absolute atomic E-state index is 11.9. The number of carbonyl (C=O) groups is 2. The summed E-state index contributed by atoms with van der Waals surface area (Å²) in [5, 5.41) is 3.12. The van der Waals surface area contributed by atoms with Crippen LogP contribution in [0.2, 0.25) is 10.0 Å². The molecule has 26 heavy (non-hydrogen) atoms. The summed E-state index contributed by atoms with van der Waals surface area (Å²) in [7, 11) is 1.21. The van der Waals surface area contributed by atoms with Crippen molar-refractivity contribution < 1.29 is 23.8 Å². The Balaban J connectivity index is 1.92. The molecule has 0 aliphatic heterocycles. The molecule has 0 saturated carbocycles. The highest BCUT2D eigenvalue weighted by atomic mass is 35.5. The van der Waals surface area contributed by atoms with Gasteiger partial charge < -0.3 is 19.5 Å². The molecule has 0 saturated heterocycles. The number of carbonyl (C=O) groups excluding carboxylic acids is 2. The number of ether oxygens (including phenoxy) is 3. The summed E-state index contributed by atoms with van der Waals surface area (Å²) in [6, 6.07) is 13.8. The third kappa shape index (κ3) is 6.13. The van der Waals surface area contributed by atoms with Gasteiger partial charge in [-0.3, -0.25) is 0 Å². The van der Waals surface area contributed by atoms with Crippen molar-refractivity contribution in [1.82, 2.24) is 5.32 Å². The first-order chi connectivity index (χ1) is 12.5. The smallest absolute Gasteiger partial charge is 0.407 e. The quantitative estimate of drug-likeness (QED) is 0.718. The van der Waals surface area contributed by atoms with Gasteiger partial charge in [0.15, 0.2) is 0 Å². The van der Waals surface area contributed by atoms with Crippen LogP contribution in [0.3, 0.4) is 0 Å². The minimum atomic E-state index is -1.11. The third-order valence-corrected chi connectivity index (χ3v) is 3.82. The van der Waals surface area contributed by atoms with Crippen LogP contribution in [-0.2, 0) is 20.9 Å². The van der Waals surface area contributed by atoms with E-state index in [-0.39, 0.29) is 23.9 Å². The summed E-state index contributed by atoms with van der Waals surface area (Å²) in [6.45, 7) is -0.0559. The number of esters is 1. The van der Waals surface area contributed by atoms with Gasteiger partial charge in [0.2, 0.25) is 6.10 Å². The molecule has 2 aromatic rings. The number of nitrogens with one attached hydrogen (secondary N) is 1. The Morgan fingerprint density at radius 2 is 1.85 bits per heavy atom. The zero-order chi connectivity index (χ0) is 18.9. The van der Waals surface area contributed by atoms with E-state index >= 15 is 0 Å². The summed E-state index contributed by atoms with van der Waals surface area (Å²) < 4.78 is 15.3. The Bertz CT molecular complexity index is 755. The van der Waals surface area contributed by atoms with E-state index in [2.05, 4.69) is 10.1 Å². The minimum Gasteiger partial charge on any atom is -0.475 e. The number of methoxy groups -OCH3 is 1. The number of halogens is 2. The molecule has 2 aromatic carbocycles. The molecule has 2 rings (SSSR count). The van der Waals surface area contributed by atoms with E-state index in [9.17, 15) is 9.59 Å². The van der Waals surface area contributed by atoms with E-state index in [1.807, 2.05) is 30.3 Å². The van der Waals surface area contributed by atoms with Crippen LogP contribution >= 0.6 is 23.2 Å². The predicted octanol–water partition coefficient (Wildman–Crippen LogP) is 3.84. The van der Waals surface area contributed by atoms with Gasteiger partial charge >= 0.3 is 12.1 Å². The van der Waals surface area contributed by atoms with Crippen molar-refractivity contribution in [3.05, 3.63) is 64.1 Å². The highest BCUT2D eigenvalue weighted by molar-refractivity contribution is 6.34. The van der Waals surface area contributed by atoms with E-state index in [4.69, 9.17) is 32.7 Å². The highest BCUT2D eigenvalue weighted by Gasteiger charge is 2.23. The number of rotatable bonds is 7. The zero-order valence-corrected chi connectivity index (χ0v) is 15.4. The molecular weight excluding hydrogens is 381 g/mol. The van der Waals surface area contributed by atoms with Crippen LogP contribution in [0.25, 0.3) is 0 Å². The van der Waals surface area contributed by atoms with E-state index < -0.39 is 18.2 Å². The summed E-state index contributed by atoms with van der Waals surface area (Å²) in [5.41, 5.74) is 0.842. The molecule has 6 nitrogen and oxygen atoms in total. The molecule has 1 N–H and O–H groups in total. The Morgan fingerprint density at radius 3 is 2.54 bits per heavy atom. The van der Waals surface area contributed by atoms with Gasteiger partial charge in [-0.1, -0.05) is 53.5 Å². The van der Waals surface area contributed by atoms with Crippen LogP contribution in [0.1, 0.15) is 5.56 Å². The first-order valence-electron chi connectivity index (χ1n) is 7.63. The van der Waals surface area contributed by atoms with Gasteiger partial charge in [0.1, 0.15) is 12.4 Å². The van der Waals surface area contributed by atoms with E-state index in [0.29, 0.717) is 5.02 Å². The fraction of sp³-hybridized carbons (Fsp3) is 0.222. The van der Waals surface area contributed by atoms with Crippen LogP contribution in [0.15, 0.2) is 48.5 Å². The van der Waals surface area contributed by atoms with Gasteiger partial charge in [-0.25, -0.2) is 9.59 Å². The van der Waals surface area contributed by atoms with Crippen molar-refractivity contribution >= 4 is 35.3 Å². The molecule has 0 aromatic heterocycles. The lowest BCUT2D eigenvalue weighted by Gasteiger charge is -2.18. The molecule has 0 heterocycles. The SMILES string of the molecule is COC(=O)[C@H](CNC(=O)OCc1ccccc1)Oc1cc(Cl)ccc1Cl. The summed E-state index contributed by atoms with van der Waals surface area (Å²) in [6.07, 6.45) is -1.80. The lowest BCUT2D eigenvalue weighted by Crippen LogP contribution is -2.41. The lowest BCUT2D eigenvalue weighted by atomic mass is 10.2. The van der Waals surface area contributed by atoms with Gasteiger partial charge in [-0.2, -0.15) is 0 Å². The molecule has 0 unspecified atom stereocenters. The Morgan fingerprint density at radius 1 is 1.12 bits per heavy atom. The molecular formula is C18H17Cl2NO5. The molecule has 138 valence electrons. The fourth-order valence-electron chi connectivity index (χ4n) is 1.98. The minimum absolute atomic E-state index is 0.108. The van der Waals surface area contributed by atoms with Gasteiger partial charge in [0, 0.05) is 11.1 Å². The lowest BCUT2D eigenvalue weighted by molar-refractivity contribution is -0.148. The first-order valence-corrected chi connectivity index (χ1v) is 8.39. The average Bonchev–Trinajstić information content (AvgIpc) is 2.66. The molecule has 0 radical (unpaired) electrons. The Hall–Kier alpha value is -2.44. The molecule has 0 bridgehead atoms. The van der Waals surface area contributed by atoms with Crippen molar-refractivity contribution in [2.45, 2.75) is 12.7 Å². The zero-order valence-electron chi connectivity index (χ0n) is 13.9. The maximum atomic E-state index is 11.9. The molecule has 1 atom stereocenters. The van der Waals surface area contributed by atoms with Crippen LogP contribution < -0.4 is 10.1 Å². The number of hydrogen-bond donors (Lipinski definition) is 1. The maximum Gasteiger partial charge on any atom is 0.407 e. The molecule has 8 heteroatoms. The highest BCUT2D eigenvalue weighted by Crippen LogP contribution is 2.28. The molecule has 0 fully saturated rings. The number of benzene rings is 2. The standard InChI is InChI=1S/C18H17Cl2NO5/c1-24-17(22)16(26-15-9-13(19)7-8-14(15)20)10-21-18(23)25-11-12-5-3-2-4-6-12/h2-9,16H,10-11H2,1H3,(H,21,23)/t16-/m0/s1. The molecule has 1 amide bonds. The van der Waals surface area contributed by atoms with Crippen LogP contribution in [0.5, 0.6) is 5.75 Å². The normalized spacial score (nSPS) is 11.3. The molecule has 0 aliphatic rings. The number of alkyl carbamates (subject to hydrolysis) is 1.